The first kappa shape index (κ1) is 21.8. The van der Waals surface area contributed by atoms with E-state index in [1.165, 1.54) is 26.2 Å². The number of rotatable bonds is 7. The van der Waals surface area contributed by atoms with Crippen molar-refractivity contribution in [2.24, 2.45) is 0 Å². The molecule has 0 fully saturated rings. The summed E-state index contributed by atoms with van der Waals surface area (Å²) in [6.45, 7) is 4.36. The molecular formula is C21H25N3O5S. The van der Waals surface area contributed by atoms with Crippen molar-refractivity contribution in [3.63, 3.8) is 0 Å². The normalized spacial score (nSPS) is 11.9. The van der Waals surface area contributed by atoms with Gasteiger partial charge in [0.2, 0.25) is 10.0 Å². The molecule has 0 atom stereocenters. The Labute approximate surface area is 175 Å². The molecule has 0 aliphatic rings. The molecular weight excluding hydrogens is 406 g/mol. The van der Waals surface area contributed by atoms with Gasteiger partial charge in [0, 0.05) is 20.6 Å². The fraction of sp³-hybridized carbons (Fsp3) is 0.333. The number of fused-ring (bicyclic) bond motifs is 1. The van der Waals surface area contributed by atoms with Gasteiger partial charge in [-0.2, -0.15) is 0 Å². The van der Waals surface area contributed by atoms with E-state index in [2.05, 4.69) is 4.98 Å². The first-order chi connectivity index (χ1) is 14.1. The van der Waals surface area contributed by atoms with E-state index in [1.807, 2.05) is 18.4 Å². The fourth-order valence-electron chi connectivity index (χ4n) is 3.14. The van der Waals surface area contributed by atoms with Crippen molar-refractivity contribution in [1.82, 2.24) is 13.9 Å². The van der Waals surface area contributed by atoms with Gasteiger partial charge < -0.3 is 14.4 Å². The molecule has 0 amide bonds. The molecule has 1 aromatic heterocycles. The summed E-state index contributed by atoms with van der Waals surface area (Å²) < 4.78 is 33.3. The van der Waals surface area contributed by atoms with Crippen molar-refractivity contribution in [2.45, 2.75) is 38.3 Å². The smallest absolute Gasteiger partial charge is 0.342 e. The van der Waals surface area contributed by atoms with Gasteiger partial charge >= 0.3 is 5.97 Å². The summed E-state index contributed by atoms with van der Waals surface area (Å²) in [6.07, 6.45) is 0.822. The second kappa shape index (κ2) is 8.45. The number of aryl methyl sites for hydroxylation is 2. The first-order valence-corrected chi connectivity index (χ1v) is 11.0. The standard InChI is InChI=1S/C21H25N3O5S/c1-5-10-24-18-8-7-15(30(27,28)23(3)4)12-17(18)22-20(24)13-29-21(26)16-11-14(2)6-9-19(16)25/h6-9,11-12,25H,5,10,13H2,1-4H3. The second-order valence-electron chi connectivity index (χ2n) is 7.21. The zero-order chi connectivity index (χ0) is 22.1. The molecule has 2 aromatic carbocycles. The van der Waals surface area contributed by atoms with Gasteiger partial charge in [0.1, 0.15) is 23.7 Å². The Morgan fingerprint density at radius 2 is 1.93 bits per heavy atom. The third-order valence-corrected chi connectivity index (χ3v) is 6.54. The Morgan fingerprint density at radius 1 is 1.20 bits per heavy atom. The Morgan fingerprint density at radius 3 is 2.60 bits per heavy atom. The number of benzene rings is 2. The lowest BCUT2D eigenvalue weighted by atomic mass is 10.1. The van der Waals surface area contributed by atoms with Gasteiger partial charge in [-0.15, -0.1) is 0 Å². The maximum atomic E-state index is 12.4. The van der Waals surface area contributed by atoms with E-state index < -0.39 is 16.0 Å². The maximum Gasteiger partial charge on any atom is 0.342 e. The molecule has 3 rings (SSSR count). The van der Waals surface area contributed by atoms with Gasteiger partial charge in [-0.05, 0) is 43.7 Å². The number of sulfonamides is 1. The SMILES string of the molecule is CCCn1c(COC(=O)c2cc(C)ccc2O)nc2cc(S(=O)(=O)N(C)C)ccc21. The van der Waals surface area contributed by atoms with Crippen molar-refractivity contribution in [1.29, 1.82) is 0 Å². The molecule has 9 heteroatoms. The van der Waals surface area contributed by atoms with Gasteiger partial charge in [0.15, 0.2) is 0 Å². The summed E-state index contributed by atoms with van der Waals surface area (Å²) in [6, 6.07) is 9.49. The lowest BCUT2D eigenvalue weighted by molar-refractivity contribution is 0.0455. The summed E-state index contributed by atoms with van der Waals surface area (Å²) in [5.41, 5.74) is 2.19. The number of phenols is 1. The minimum Gasteiger partial charge on any atom is -0.507 e. The number of imidazole rings is 1. The minimum atomic E-state index is -3.58. The van der Waals surface area contributed by atoms with Crippen LogP contribution in [0.4, 0.5) is 0 Å². The van der Waals surface area contributed by atoms with Gasteiger partial charge in [0.25, 0.3) is 0 Å². The second-order valence-corrected chi connectivity index (χ2v) is 9.37. The Hall–Kier alpha value is -2.91. The minimum absolute atomic E-state index is 0.0903. The molecule has 0 bridgehead atoms. The quantitative estimate of drug-likeness (QED) is 0.577. The van der Waals surface area contributed by atoms with Gasteiger partial charge in [-0.3, -0.25) is 0 Å². The van der Waals surface area contributed by atoms with Crippen molar-refractivity contribution >= 4 is 27.0 Å². The number of carbonyl (C=O) groups excluding carboxylic acids is 1. The Kier molecular flexibility index (Phi) is 6.14. The zero-order valence-electron chi connectivity index (χ0n) is 17.4. The van der Waals surface area contributed by atoms with Crippen LogP contribution in [0.3, 0.4) is 0 Å². The largest absolute Gasteiger partial charge is 0.507 e. The molecule has 0 saturated carbocycles. The number of carbonyl (C=O) groups is 1. The third-order valence-electron chi connectivity index (χ3n) is 4.73. The number of phenolic OH excluding ortho intramolecular Hbond substituents is 1. The maximum absolute atomic E-state index is 12.4. The highest BCUT2D eigenvalue weighted by molar-refractivity contribution is 7.89. The van der Waals surface area contributed by atoms with Crippen LogP contribution in [0.25, 0.3) is 11.0 Å². The molecule has 0 spiro atoms. The van der Waals surface area contributed by atoms with Crippen LogP contribution in [-0.4, -0.2) is 47.4 Å². The van der Waals surface area contributed by atoms with E-state index in [1.54, 1.807) is 24.3 Å². The molecule has 0 saturated heterocycles. The van der Waals surface area contributed by atoms with Gasteiger partial charge in [0.05, 0.1) is 15.9 Å². The van der Waals surface area contributed by atoms with Crippen LogP contribution in [0.2, 0.25) is 0 Å². The predicted molar refractivity (Wildman–Crippen MR) is 113 cm³/mol. The summed E-state index contributed by atoms with van der Waals surface area (Å²) in [5.74, 6) is -0.292. The lowest BCUT2D eigenvalue weighted by Gasteiger charge is -2.11. The van der Waals surface area contributed by atoms with Gasteiger partial charge in [-0.1, -0.05) is 18.6 Å². The Balaban J connectivity index is 1.93. The van der Waals surface area contributed by atoms with Crippen LogP contribution in [0.1, 0.15) is 35.1 Å². The van der Waals surface area contributed by atoms with Crippen LogP contribution in [0.5, 0.6) is 5.75 Å². The molecule has 0 unspecified atom stereocenters. The summed E-state index contributed by atoms with van der Waals surface area (Å²) in [4.78, 5) is 17.1. The van der Waals surface area contributed by atoms with Crippen LogP contribution < -0.4 is 0 Å². The highest BCUT2D eigenvalue weighted by Gasteiger charge is 2.20. The van der Waals surface area contributed by atoms with E-state index >= 15 is 0 Å². The number of aromatic hydroxyl groups is 1. The van der Waals surface area contributed by atoms with E-state index in [-0.39, 0.29) is 22.8 Å². The summed E-state index contributed by atoms with van der Waals surface area (Å²) in [5, 5.41) is 9.92. The number of aromatic nitrogens is 2. The number of hydrogen-bond donors (Lipinski definition) is 1. The number of nitrogens with zero attached hydrogens (tertiary/aromatic N) is 3. The fourth-order valence-corrected chi connectivity index (χ4v) is 4.06. The highest BCUT2D eigenvalue weighted by Crippen LogP contribution is 2.24. The summed E-state index contributed by atoms with van der Waals surface area (Å²) in [7, 11) is -0.638. The number of ether oxygens (including phenoxy) is 1. The van der Waals surface area contributed by atoms with Crippen molar-refractivity contribution in [3.8, 4) is 5.75 Å². The number of hydrogen-bond acceptors (Lipinski definition) is 6. The van der Waals surface area contributed by atoms with Crippen molar-refractivity contribution in [3.05, 3.63) is 53.3 Å². The highest BCUT2D eigenvalue weighted by atomic mass is 32.2. The molecule has 0 aliphatic heterocycles. The molecule has 1 heterocycles. The average molecular weight is 432 g/mol. The van der Waals surface area contributed by atoms with Crippen LogP contribution >= 0.6 is 0 Å². The summed E-state index contributed by atoms with van der Waals surface area (Å²) >= 11 is 0. The Bertz CT molecular complexity index is 1200. The predicted octanol–water partition coefficient (Wildman–Crippen LogP) is 3.07. The zero-order valence-corrected chi connectivity index (χ0v) is 18.2. The van der Waals surface area contributed by atoms with Crippen LogP contribution in [0.15, 0.2) is 41.3 Å². The van der Waals surface area contributed by atoms with Crippen molar-refractivity contribution < 1.29 is 23.1 Å². The molecule has 8 nitrogen and oxygen atoms in total. The topological polar surface area (TPSA) is 102 Å². The van der Waals surface area contributed by atoms with Crippen LogP contribution in [-0.2, 0) is 27.9 Å². The average Bonchev–Trinajstić information content (AvgIpc) is 3.05. The van der Waals surface area contributed by atoms with Gasteiger partial charge in [-0.25, -0.2) is 22.5 Å². The van der Waals surface area contributed by atoms with Crippen LogP contribution in [0, 0.1) is 6.92 Å². The lowest BCUT2D eigenvalue weighted by Crippen LogP contribution is -2.22. The molecule has 0 aliphatic carbocycles. The molecule has 160 valence electrons. The van der Waals surface area contributed by atoms with E-state index in [9.17, 15) is 18.3 Å². The third kappa shape index (κ3) is 4.17. The molecule has 0 radical (unpaired) electrons. The van der Waals surface area contributed by atoms with Crippen molar-refractivity contribution in [2.75, 3.05) is 14.1 Å². The first-order valence-electron chi connectivity index (χ1n) is 9.53. The van der Waals surface area contributed by atoms with E-state index in [0.717, 1.165) is 21.8 Å². The van der Waals surface area contributed by atoms with E-state index in [0.29, 0.717) is 17.9 Å². The molecule has 30 heavy (non-hydrogen) atoms. The number of esters is 1. The molecule has 3 aromatic rings. The monoisotopic (exact) mass is 431 g/mol. The molecule has 1 N–H and O–H groups in total. The van der Waals surface area contributed by atoms with E-state index in [4.69, 9.17) is 4.74 Å².